The van der Waals surface area contributed by atoms with Crippen molar-refractivity contribution in [3.8, 4) is 0 Å². The van der Waals surface area contributed by atoms with Crippen molar-refractivity contribution in [1.29, 1.82) is 0 Å². The second-order valence-corrected chi connectivity index (χ2v) is 8.79. The molecule has 5 aliphatic rings. The van der Waals surface area contributed by atoms with E-state index in [1.54, 1.807) is 0 Å². The molecule has 25 heavy (non-hydrogen) atoms. The Balaban J connectivity index is 1.61. The normalized spacial score (nSPS) is 41.3. The molecule has 2 aliphatic carbocycles. The molecule has 0 unspecified atom stereocenters. The third-order valence-corrected chi connectivity index (χ3v) is 7.48. The van der Waals surface area contributed by atoms with Gasteiger partial charge < -0.3 is 4.74 Å². The van der Waals surface area contributed by atoms with Crippen LogP contribution in [-0.4, -0.2) is 35.6 Å². The maximum Gasteiger partial charge on any atom is 0.321 e. The van der Waals surface area contributed by atoms with Crippen LogP contribution in [-0.2, 0) is 9.53 Å². The molecule has 3 saturated heterocycles. The molecule has 1 saturated carbocycles. The molecule has 0 radical (unpaired) electrons. The fourth-order valence-corrected chi connectivity index (χ4v) is 6.18. The molecule has 1 spiro atoms. The van der Waals surface area contributed by atoms with E-state index in [1.807, 2.05) is 0 Å². The van der Waals surface area contributed by atoms with Crippen molar-refractivity contribution < 1.29 is 9.53 Å². The minimum absolute atomic E-state index is 0.0372. The summed E-state index contributed by atoms with van der Waals surface area (Å²) in [6.45, 7) is 4.21. The van der Waals surface area contributed by atoms with E-state index in [-0.39, 0.29) is 11.6 Å². The van der Waals surface area contributed by atoms with Crippen molar-refractivity contribution in [1.82, 2.24) is 4.90 Å². The number of nitrogens with zero attached hydrogens (tertiary/aromatic N) is 1. The van der Waals surface area contributed by atoms with Gasteiger partial charge in [-0.1, -0.05) is 55.6 Å². The molecule has 0 bridgehead atoms. The van der Waals surface area contributed by atoms with Crippen molar-refractivity contribution in [3.63, 3.8) is 0 Å². The Hall–Kier alpha value is -1.35. The highest BCUT2D eigenvalue weighted by Crippen LogP contribution is 2.61. The average Bonchev–Trinajstić information content (AvgIpc) is 2.75. The van der Waals surface area contributed by atoms with Gasteiger partial charge in [0.15, 0.2) is 5.60 Å². The molecule has 3 atom stereocenters. The topological polar surface area (TPSA) is 29.5 Å². The fourth-order valence-electron chi connectivity index (χ4n) is 6.18. The van der Waals surface area contributed by atoms with Gasteiger partial charge in [0.2, 0.25) is 0 Å². The van der Waals surface area contributed by atoms with Gasteiger partial charge >= 0.3 is 5.97 Å². The standard InChI is InChI=1S/C22H29NO2/c1-16-10-11-18-21(13-12-16,17-7-3-2-4-8-17)20(24)25-22(18)15-23-14-6-5-9-19(22)23/h10-13,17,19H,2-9,14-15H2,1H3/t19-,21-,22+/m0/s1. The van der Waals surface area contributed by atoms with E-state index in [2.05, 4.69) is 36.1 Å². The van der Waals surface area contributed by atoms with Gasteiger partial charge in [-0.3, -0.25) is 9.69 Å². The predicted octanol–water partition coefficient (Wildman–Crippen LogP) is 4.16. The van der Waals surface area contributed by atoms with E-state index in [9.17, 15) is 4.79 Å². The zero-order valence-corrected chi connectivity index (χ0v) is 15.3. The third-order valence-electron chi connectivity index (χ3n) is 7.48. The first-order valence-electron chi connectivity index (χ1n) is 10.2. The summed E-state index contributed by atoms with van der Waals surface area (Å²) in [7, 11) is 0. The SMILES string of the molecule is CC1=CC=C2[C@@](C3CCCCC3)(C=C1)C(=O)O[C@]21CN2CCCC[C@H]21. The van der Waals surface area contributed by atoms with E-state index < -0.39 is 5.41 Å². The largest absolute Gasteiger partial charge is 0.450 e. The Bertz CT molecular complexity index is 684. The molecular formula is C22H29NO2. The average molecular weight is 339 g/mol. The van der Waals surface area contributed by atoms with Crippen LogP contribution in [0.25, 0.3) is 0 Å². The van der Waals surface area contributed by atoms with E-state index >= 15 is 0 Å². The molecule has 4 fully saturated rings. The zero-order chi connectivity index (χ0) is 17.1. The zero-order valence-electron chi connectivity index (χ0n) is 15.3. The molecular weight excluding hydrogens is 310 g/mol. The Morgan fingerprint density at radius 2 is 1.88 bits per heavy atom. The van der Waals surface area contributed by atoms with Gasteiger partial charge in [-0.15, -0.1) is 0 Å². The van der Waals surface area contributed by atoms with Crippen molar-refractivity contribution in [2.45, 2.75) is 69.9 Å². The summed E-state index contributed by atoms with van der Waals surface area (Å²) in [5.41, 5.74) is 1.67. The van der Waals surface area contributed by atoms with Crippen LogP contribution in [0.5, 0.6) is 0 Å². The van der Waals surface area contributed by atoms with E-state index in [1.165, 1.54) is 49.8 Å². The van der Waals surface area contributed by atoms with Crippen molar-refractivity contribution in [2.75, 3.05) is 13.1 Å². The molecule has 0 aromatic rings. The number of rotatable bonds is 1. The van der Waals surface area contributed by atoms with E-state index in [0.29, 0.717) is 12.0 Å². The summed E-state index contributed by atoms with van der Waals surface area (Å²) in [6.07, 6.45) is 18.7. The molecule has 5 rings (SSSR count). The van der Waals surface area contributed by atoms with Crippen LogP contribution in [0.2, 0.25) is 0 Å². The number of hydrogen-bond donors (Lipinski definition) is 0. The summed E-state index contributed by atoms with van der Waals surface area (Å²) in [6, 6.07) is 0.405. The van der Waals surface area contributed by atoms with Crippen molar-refractivity contribution >= 4 is 5.97 Å². The van der Waals surface area contributed by atoms with Gasteiger partial charge in [0.25, 0.3) is 0 Å². The number of allylic oxidation sites excluding steroid dienone is 4. The predicted molar refractivity (Wildman–Crippen MR) is 98.0 cm³/mol. The number of esters is 1. The first kappa shape index (κ1) is 15.9. The first-order valence-corrected chi connectivity index (χ1v) is 10.2. The van der Waals surface area contributed by atoms with Crippen LogP contribution < -0.4 is 0 Å². The third kappa shape index (κ3) is 2.05. The molecule has 0 N–H and O–H groups in total. The molecule has 3 heteroatoms. The number of carbonyl (C=O) groups excluding carboxylic acids is 1. The Morgan fingerprint density at radius 3 is 2.68 bits per heavy atom. The number of fused-ring (bicyclic) bond motifs is 4. The Kier molecular flexibility index (Phi) is 3.54. The maximum absolute atomic E-state index is 13.4. The second kappa shape index (κ2) is 5.57. The molecule has 134 valence electrons. The van der Waals surface area contributed by atoms with Crippen molar-refractivity contribution in [3.05, 3.63) is 35.5 Å². The molecule has 3 aliphatic heterocycles. The lowest BCUT2D eigenvalue weighted by atomic mass is 9.59. The number of ether oxygens (including phenoxy) is 1. The van der Waals surface area contributed by atoms with Crippen LogP contribution >= 0.6 is 0 Å². The van der Waals surface area contributed by atoms with Crippen molar-refractivity contribution in [2.24, 2.45) is 11.3 Å². The lowest BCUT2D eigenvalue weighted by molar-refractivity contribution is -0.181. The van der Waals surface area contributed by atoms with E-state index in [0.717, 1.165) is 25.8 Å². The lowest BCUT2D eigenvalue weighted by Gasteiger charge is -2.57. The molecule has 0 amide bonds. The first-order chi connectivity index (χ1) is 12.2. The lowest BCUT2D eigenvalue weighted by Crippen LogP contribution is -2.71. The monoisotopic (exact) mass is 339 g/mol. The summed E-state index contributed by atoms with van der Waals surface area (Å²) in [5.74, 6) is 0.447. The summed E-state index contributed by atoms with van der Waals surface area (Å²) < 4.78 is 6.32. The summed E-state index contributed by atoms with van der Waals surface area (Å²) in [4.78, 5) is 16.0. The van der Waals surface area contributed by atoms with Crippen LogP contribution in [0.3, 0.4) is 0 Å². The fraction of sp³-hybridized carbons (Fsp3) is 0.682. The van der Waals surface area contributed by atoms with Crippen LogP contribution in [0, 0.1) is 11.3 Å². The summed E-state index contributed by atoms with van der Waals surface area (Å²) >= 11 is 0. The highest BCUT2D eigenvalue weighted by molar-refractivity contribution is 5.89. The molecule has 3 nitrogen and oxygen atoms in total. The summed E-state index contributed by atoms with van der Waals surface area (Å²) in [5, 5.41) is 0. The van der Waals surface area contributed by atoms with Crippen LogP contribution in [0.4, 0.5) is 0 Å². The number of hydrogen-bond acceptors (Lipinski definition) is 3. The highest BCUT2D eigenvalue weighted by atomic mass is 16.6. The molecule has 0 aromatic heterocycles. The Morgan fingerprint density at radius 1 is 1.08 bits per heavy atom. The quantitative estimate of drug-likeness (QED) is 0.672. The number of carbonyl (C=O) groups is 1. The smallest absolute Gasteiger partial charge is 0.321 e. The number of piperidine rings is 1. The van der Waals surface area contributed by atoms with Gasteiger partial charge in [0.05, 0.1) is 6.04 Å². The highest BCUT2D eigenvalue weighted by Gasteiger charge is 2.70. The van der Waals surface area contributed by atoms with Gasteiger partial charge in [-0.2, -0.15) is 0 Å². The van der Waals surface area contributed by atoms with Gasteiger partial charge in [-0.05, 0) is 50.6 Å². The van der Waals surface area contributed by atoms with Gasteiger partial charge in [-0.25, -0.2) is 0 Å². The second-order valence-electron chi connectivity index (χ2n) is 8.79. The minimum atomic E-state index is -0.502. The maximum atomic E-state index is 13.4. The van der Waals surface area contributed by atoms with Gasteiger partial charge in [0, 0.05) is 6.54 Å². The van der Waals surface area contributed by atoms with Crippen LogP contribution in [0.1, 0.15) is 58.3 Å². The molecule has 0 aromatic carbocycles. The Labute approximate surface area is 150 Å². The van der Waals surface area contributed by atoms with Gasteiger partial charge in [0.1, 0.15) is 5.41 Å². The molecule has 3 heterocycles. The van der Waals surface area contributed by atoms with Crippen LogP contribution in [0.15, 0.2) is 35.5 Å². The minimum Gasteiger partial charge on any atom is -0.450 e. The van der Waals surface area contributed by atoms with E-state index in [4.69, 9.17) is 4.74 Å².